The molecular formula is C15H27FO4. The van der Waals surface area contributed by atoms with E-state index in [1.807, 2.05) is 27.7 Å². The fourth-order valence-electron chi connectivity index (χ4n) is 2.97. The molecule has 0 aromatic rings. The quantitative estimate of drug-likeness (QED) is 0.730. The van der Waals surface area contributed by atoms with E-state index in [0.29, 0.717) is 12.8 Å². The van der Waals surface area contributed by atoms with Crippen LogP contribution in [-0.4, -0.2) is 38.3 Å². The monoisotopic (exact) mass is 290 g/mol. The topological polar surface area (TPSA) is 44.8 Å². The van der Waals surface area contributed by atoms with Crippen molar-refractivity contribution in [3.8, 4) is 0 Å². The molecule has 0 amide bonds. The summed E-state index contributed by atoms with van der Waals surface area (Å²) in [7, 11) is 2.73. The highest BCUT2D eigenvalue weighted by Gasteiger charge is 2.52. The predicted octanol–water partition coefficient (Wildman–Crippen LogP) is 2.95. The first-order valence-corrected chi connectivity index (χ1v) is 7.28. The van der Waals surface area contributed by atoms with E-state index in [1.165, 1.54) is 14.2 Å². The van der Waals surface area contributed by atoms with Crippen LogP contribution in [0.2, 0.25) is 0 Å². The molecule has 4 nitrogen and oxygen atoms in total. The lowest BCUT2D eigenvalue weighted by atomic mass is 9.76. The lowest BCUT2D eigenvalue weighted by molar-refractivity contribution is -0.296. The first kappa shape index (κ1) is 17.4. The molecule has 1 fully saturated rings. The number of ether oxygens (including phenoxy) is 3. The second-order valence-corrected chi connectivity index (χ2v) is 5.85. The molecular weight excluding hydrogens is 263 g/mol. The molecule has 0 N–H and O–H groups in total. The first-order valence-electron chi connectivity index (χ1n) is 7.28. The van der Waals surface area contributed by atoms with E-state index in [2.05, 4.69) is 0 Å². The maximum Gasteiger partial charge on any atom is 0.366 e. The van der Waals surface area contributed by atoms with E-state index >= 15 is 0 Å². The summed E-state index contributed by atoms with van der Waals surface area (Å²) in [5, 5.41) is 0. The molecule has 0 aliphatic carbocycles. The summed E-state index contributed by atoms with van der Waals surface area (Å²) in [6.45, 7) is 7.70. The molecule has 1 rings (SSSR count). The molecule has 20 heavy (non-hydrogen) atoms. The highest BCUT2D eigenvalue weighted by atomic mass is 19.1. The molecule has 6 atom stereocenters. The van der Waals surface area contributed by atoms with E-state index in [0.717, 1.165) is 0 Å². The summed E-state index contributed by atoms with van der Waals surface area (Å²) < 4.78 is 30.0. The Morgan fingerprint density at radius 2 is 2.05 bits per heavy atom. The fourth-order valence-corrected chi connectivity index (χ4v) is 2.97. The van der Waals surface area contributed by atoms with Crippen molar-refractivity contribution in [2.45, 2.75) is 58.6 Å². The summed E-state index contributed by atoms with van der Waals surface area (Å²) in [6, 6.07) is 0. The minimum Gasteiger partial charge on any atom is -0.465 e. The summed E-state index contributed by atoms with van der Waals surface area (Å²) >= 11 is 0. The molecule has 5 heteroatoms. The number of hydrogen-bond acceptors (Lipinski definition) is 4. The lowest BCUT2D eigenvalue weighted by Crippen LogP contribution is -2.56. The number of rotatable bonds is 5. The molecule has 0 radical (unpaired) electrons. The number of hydrogen-bond donors (Lipinski definition) is 0. The number of esters is 1. The van der Waals surface area contributed by atoms with E-state index < -0.39 is 17.9 Å². The van der Waals surface area contributed by atoms with Gasteiger partial charge in [-0.1, -0.05) is 27.7 Å². The average molecular weight is 290 g/mol. The van der Waals surface area contributed by atoms with Crippen molar-refractivity contribution in [1.82, 2.24) is 0 Å². The van der Waals surface area contributed by atoms with Crippen LogP contribution in [0.3, 0.4) is 0 Å². The Labute approximate surface area is 121 Å². The molecule has 0 aromatic heterocycles. The van der Waals surface area contributed by atoms with Gasteiger partial charge in [0, 0.05) is 19.4 Å². The smallest absolute Gasteiger partial charge is 0.366 e. The van der Waals surface area contributed by atoms with Gasteiger partial charge in [0.2, 0.25) is 0 Å². The van der Waals surface area contributed by atoms with Gasteiger partial charge >= 0.3 is 5.97 Å². The standard InChI is InChI=1S/C15H27FO4/c1-7-12(16)11(4)13-10(3)9(2)8-15(19-6,20-13)14(17)18-5/h9-13H,7-8H2,1-6H3/t9-,10+,11+,12-,13?,15-/m0/s1. The summed E-state index contributed by atoms with van der Waals surface area (Å²) in [4.78, 5) is 12.0. The van der Waals surface area contributed by atoms with Gasteiger partial charge in [-0.3, -0.25) is 0 Å². The van der Waals surface area contributed by atoms with Crippen molar-refractivity contribution < 1.29 is 23.4 Å². The van der Waals surface area contributed by atoms with E-state index in [1.54, 1.807) is 0 Å². The number of methoxy groups -OCH3 is 2. The zero-order valence-electron chi connectivity index (χ0n) is 13.3. The van der Waals surface area contributed by atoms with Gasteiger partial charge < -0.3 is 14.2 Å². The molecule has 1 aliphatic rings. The molecule has 1 unspecified atom stereocenters. The van der Waals surface area contributed by atoms with Crippen LogP contribution in [0.25, 0.3) is 0 Å². The van der Waals surface area contributed by atoms with Gasteiger partial charge in [0.25, 0.3) is 5.79 Å². The van der Waals surface area contributed by atoms with Crippen LogP contribution in [-0.2, 0) is 19.0 Å². The van der Waals surface area contributed by atoms with Crippen molar-refractivity contribution in [2.75, 3.05) is 14.2 Å². The van der Waals surface area contributed by atoms with E-state index in [9.17, 15) is 9.18 Å². The Morgan fingerprint density at radius 3 is 2.50 bits per heavy atom. The summed E-state index contributed by atoms with van der Waals surface area (Å²) in [5.41, 5.74) is 0. The number of halogens is 1. The van der Waals surface area contributed by atoms with Gasteiger partial charge in [0.1, 0.15) is 6.17 Å². The Hall–Kier alpha value is -0.680. The second-order valence-electron chi connectivity index (χ2n) is 5.85. The van der Waals surface area contributed by atoms with E-state index in [-0.39, 0.29) is 23.9 Å². The maximum atomic E-state index is 14.0. The van der Waals surface area contributed by atoms with Crippen LogP contribution in [0.4, 0.5) is 4.39 Å². The van der Waals surface area contributed by atoms with Gasteiger partial charge in [-0.15, -0.1) is 0 Å². The highest BCUT2D eigenvalue weighted by Crippen LogP contribution is 2.41. The van der Waals surface area contributed by atoms with Gasteiger partial charge in [-0.25, -0.2) is 9.18 Å². The Kier molecular flexibility index (Phi) is 5.95. The number of carbonyl (C=O) groups is 1. The van der Waals surface area contributed by atoms with Gasteiger partial charge in [-0.2, -0.15) is 0 Å². The minimum absolute atomic E-state index is 0.155. The van der Waals surface area contributed by atoms with Crippen molar-refractivity contribution in [2.24, 2.45) is 17.8 Å². The summed E-state index contributed by atoms with van der Waals surface area (Å²) in [6.07, 6.45) is -0.475. The minimum atomic E-state index is -1.41. The van der Waals surface area contributed by atoms with Crippen molar-refractivity contribution in [1.29, 1.82) is 0 Å². The second kappa shape index (κ2) is 6.85. The largest absolute Gasteiger partial charge is 0.465 e. The van der Waals surface area contributed by atoms with Crippen LogP contribution in [0.1, 0.15) is 40.5 Å². The van der Waals surface area contributed by atoms with Gasteiger partial charge in [0.15, 0.2) is 0 Å². The maximum absolute atomic E-state index is 14.0. The van der Waals surface area contributed by atoms with Crippen molar-refractivity contribution >= 4 is 5.97 Å². The molecule has 0 aromatic carbocycles. The van der Waals surface area contributed by atoms with E-state index in [4.69, 9.17) is 14.2 Å². The Balaban J connectivity index is 3.02. The summed E-state index contributed by atoms with van der Waals surface area (Å²) in [5.74, 6) is -1.92. The Bertz CT molecular complexity index is 336. The molecule has 1 saturated heterocycles. The highest BCUT2D eigenvalue weighted by molar-refractivity contribution is 5.78. The van der Waals surface area contributed by atoms with Crippen molar-refractivity contribution in [3.63, 3.8) is 0 Å². The first-order chi connectivity index (χ1) is 9.32. The van der Waals surface area contributed by atoms with Crippen LogP contribution < -0.4 is 0 Å². The third-order valence-corrected chi connectivity index (χ3v) is 4.64. The van der Waals surface area contributed by atoms with Crippen LogP contribution >= 0.6 is 0 Å². The van der Waals surface area contributed by atoms with Gasteiger partial charge in [-0.05, 0) is 18.3 Å². The predicted molar refractivity (Wildman–Crippen MR) is 73.9 cm³/mol. The molecule has 0 saturated carbocycles. The third-order valence-electron chi connectivity index (χ3n) is 4.64. The molecule has 1 heterocycles. The number of alkyl halides is 1. The van der Waals surface area contributed by atoms with Crippen LogP contribution in [0.15, 0.2) is 0 Å². The number of carbonyl (C=O) groups excluding carboxylic acids is 1. The normalized spacial score (nSPS) is 37.2. The molecule has 118 valence electrons. The SMILES string of the molecule is CC[C@H](F)[C@@H](C)C1O[C@](OC)(C(=O)OC)C[C@H](C)[C@H]1C. The zero-order valence-corrected chi connectivity index (χ0v) is 13.3. The zero-order chi connectivity index (χ0) is 15.5. The Morgan fingerprint density at radius 1 is 1.45 bits per heavy atom. The van der Waals surface area contributed by atoms with Crippen LogP contribution in [0, 0.1) is 17.8 Å². The van der Waals surface area contributed by atoms with Crippen LogP contribution in [0.5, 0.6) is 0 Å². The van der Waals surface area contributed by atoms with Crippen molar-refractivity contribution in [3.05, 3.63) is 0 Å². The average Bonchev–Trinajstić information content (AvgIpc) is 2.47. The fraction of sp³-hybridized carbons (Fsp3) is 0.933. The lowest BCUT2D eigenvalue weighted by Gasteiger charge is -2.46. The molecule has 0 bridgehead atoms. The molecule has 1 aliphatic heterocycles. The molecule has 0 spiro atoms. The van der Waals surface area contributed by atoms with Gasteiger partial charge in [0.05, 0.1) is 13.2 Å². The third kappa shape index (κ3) is 3.14.